The lowest BCUT2D eigenvalue weighted by Crippen LogP contribution is -2.17. The molecule has 7 heteroatoms. The minimum atomic E-state index is -0.301. The number of rotatable bonds is 6. The molecule has 0 N–H and O–H groups in total. The second kappa shape index (κ2) is 6.80. The number of carbonyl (C=O) groups excluding carboxylic acids is 1. The van der Waals surface area contributed by atoms with Crippen LogP contribution in [0.5, 0.6) is 0 Å². The monoisotopic (exact) mass is 309 g/mol. The highest BCUT2D eigenvalue weighted by Crippen LogP contribution is 2.14. The molecule has 2 aromatic heterocycles. The molecule has 0 aliphatic rings. The molecule has 21 heavy (non-hydrogen) atoms. The first-order valence-electron chi connectivity index (χ1n) is 7.06. The lowest BCUT2D eigenvalue weighted by atomic mass is 10.2. The fourth-order valence-electron chi connectivity index (χ4n) is 1.71. The topological polar surface area (TPSA) is 73.6 Å². The van der Waals surface area contributed by atoms with E-state index in [0.717, 1.165) is 24.3 Å². The van der Waals surface area contributed by atoms with Crippen molar-refractivity contribution in [1.29, 1.82) is 0 Å². The molecule has 0 atom stereocenters. The first kappa shape index (κ1) is 15.6. The van der Waals surface area contributed by atoms with Crippen molar-refractivity contribution in [2.24, 2.45) is 5.92 Å². The molecule has 0 fully saturated rings. The molecule has 0 unspecified atom stereocenters. The van der Waals surface area contributed by atoms with Crippen molar-refractivity contribution < 1.29 is 9.53 Å². The molecule has 2 aromatic rings. The maximum Gasteiger partial charge on any atom is 0.308 e. The molecule has 0 radical (unpaired) electrons. The van der Waals surface area contributed by atoms with Gasteiger partial charge in [-0.15, -0.1) is 0 Å². The van der Waals surface area contributed by atoms with E-state index < -0.39 is 0 Å². The van der Waals surface area contributed by atoms with E-state index in [-0.39, 0.29) is 24.1 Å². The molecule has 2 heterocycles. The summed E-state index contributed by atoms with van der Waals surface area (Å²) in [6.45, 7) is 5.65. The minimum absolute atomic E-state index is 0.0188. The summed E-state index contributed by atoms with van der Waals surface area (Å²) in [6.07, 6.45) is 2.96. The van der Waals surface area contributed by atoms with E-state index in [4.69, 9.17) is 4.74 Å². The first-order valence-corrected chi connectivity index (χ1v) is 7.88. The normalized spacial score (nSPS) is 11.2. The van der Waals surface area contributed by atoms with Crippen molar-refractivity contribution >= 4 is 22.3 Å². The summed E-state index contributed by atoms with van der Waals surface area (Å²) >= 11 is 1.41. The highest BCUT2D eigenvalue weighted by molar-refractivity contribution is 7.16. The van der Waals surface area contributed by atoms with Crippen LogP contribution in [0.15, 0.2) is 10.9 Å². The molecule has 0 amide bonds. The van der Waals surface area contributed by atoms with Gasteiger partial charge in [-0.1, -0.05) is 38.5 Å². The van der Waals surface area contributed by atoms with Gasteiger partial charge >= 0.3 is 5.97 Å². The van der Waals surface area contributed by atoms with Gasteiger partial charge in [0.15, 0.2) is 0 Å². The Morgan fingerprint density at radius 1 is 1.48 bits per heavy atom. The summed E-state index contributed by atoms with van der Waals surface area (Å²) in [7, 11) is 0. The number of carbonyl (C=O) groups is 1. The van der Waals surface area contributed by atoms with Crippen LogP contribution in [-0.4, -0.2) is 20.6 Å². The van der Waals surface area contributed by atoms with Gasteiger partial charge in [-0.2, -0.15) is 9.61 Å². The smallest absolute Gasteiger partial charge is 0.308 e. The van der Waals surface area contributed by atoms with E-state index in [2.05, 4.69) is 17.0 Å². The second-order valence-electron chi connectivity index (χ2n) is 5.14. The van der Waals surface area contributed by atoms with Gasteiger partial charge in [0, 0.05) is 12.5 Å². The van der Waals surface area contributed by atoms with E-state index in [1.807, 2.05) is 0 Å². The number of hydrogen-bond acceptors (Lipinski definition) is 6. The van der Waals surface area contributed by atoms with Gasteiger partial charge in [-0.3, -0.25) is 9.59 Å². The fourth-order valence-corrected chi connectivity index (χ4v) is 2.67. The molecule has 0 aliphatic carbocycles. The zero-order chi connectivity index (χ0) is 15.4. The molecule has 0 spiro atoms. The lowest BCUT2D eigenvalue weighted by molar-refractivity contribution is -0.148. The van der Waals surface area contributed by atoms with E-state index in [9.17, 15) is 9.59 Å². The van der Waals surface area contributed by atoms with Crippen LogP contribution >= 0.6 is 11.3 Å². The van der Waals surface area contributed by atoms with E-state index in [0.29, 0.717) is 10.7 Å². The van der Waals surface area contributed by atoms with Crippen LogP contribution in [0.4, 0.5) is 0 Å². The standard InChI is InChI=1S/C14H19N3O3S/c1-4-5-6-11-16-17-12(18)7-10(15-14(17)21-11)8-20-13(19)9(2)3/h7,9H,4-6,8H2,1-3H3. The van der Waals surface area contributed by atoms with Gasteiger partial charge in [0.05, 0.1) is 11.6 Å². The summed E-state index contributed by atoms with van der Waals surface area (Å²) in [5, 5.41) is 5.17. The van der Waals surface area contributed by atoms with Crippen molar-refractivity contribution in [2.45, 2.75) is 46.6 Å². The predicted molar refractivity (Wildman–Crippen MR) is 80.4 cm³/mol. The third-order valence-electron chi connectivity index (χ3n) is 2.92. The van der Waals surface area contributed by atoms with Crippen LogP contribution in [0.2, 0.25) is 0 Å². The molecule has 2 rings (SSSR count). The largest absolute Gasteiger partial charge is 0.459 e. The van der Waals surface area contributed by atoms with Crippen LogP contribution in [0, 0.1) is 5.92 Å². The van der Waals surface area contributed by atoms with Gasteiger partial charge in [-0.05, 0) is 6.42 Å². The van der Waals surface area contributed by atoms with Crippen LogP contribution < -0.4 is 5.56 Å². The SMILES string of the molecule is CCCCc1nn2c(=O)cc(COC(=O)C(C)C)nc2s1. The van der Waals surface area contributed by atoms with E-state index in [1.165, 1.54) is 21.9 Å². The maximum absolute atomic E-state index is 12.0. The number of aromatic nitrogens is 3. The van der Waals surface area contributed by atoms with Crippen molar-refractivity contribution in [3.8, 4) is 0 Å². The van der Waals surface area contributed by atoms with Crippen molar-refractivity contribution in [3.63, 3.8) is 0 Å². The number of fused-ring (bicyclic) bond motifs is 1. The van der Waals surface area contributed by atoms with Crippen LogP contribution in [0.3, 0.4) is 0 Å². The molecular weight excluding hydrogens is 290 g/mol. The lowest BCUT2D eigenvalue weighted by Gasteiger charge is -2.05. The number of esters is 1. The van der Waals surface area contributed by atoms with Crippen molar-refractivity contribution in [1.82, 2.24) is 14.6 Å². The molecular formula is C14H19N3O3S. The van der Waals surface area contributed by atoms with Gasteiger partial charge in [0.2, 0.25) is 4.96 Å². The summed E-state index contributed by atoms with van der Waals surface area (Å²) in [5.41, 5.74) is 0.217. The Morgan fingerprint density at radius 2 is 2.24 bits per heavy atom. The quantitative estimate of drug-likeness (QED) is 0.765. The third-order valence-corrected chi connectivity index (χ3v) is 3.89. The van der Waals surface area contributed by atoms with Gasteiger partial charge < -0.3 is 4.74 Å². The maximum atomic E-state index is 12.0. The average molecular weight is 309 g/mol. The minimum Gasteiger partial charge on any atom is -0.459 e. The molecule has 0 aromatic carbocycles. The molecule has 114 valence electrons. The highest BCUT2D eigenvalue weighted by atomic mass is 32.1. The Labute approximate surface area is 126 Å². The molecule has 0 aliphatic heterocycles. The zero-order valence-corrected chi connectivity index (χ0v) is 13.3. The van der Waals surface area contributed by atoms with E-state index in [1.54, 1.807) is 13.8 Å². The molecule has 0 saturated heterocycles. The average Bonchev–Trinajstić information content (AvgIpc) is 2.85. The molecule has 0 bridgehead atoms. The predicted octanol–water partition coefficient (Wildman–Crippen LogP) is 2.19. The zero-order valence-electron chi connectivity index (χ0n) is 12.5. The van der Waals surface area contributed by atoms with Crippen molar-refractivity contribution in [3.05, 3.63) is 27.1 Å². The summed E-state index contributed by atoms with van der Waals surface area (Å²) in [5.74, 6) is -0.496. The van der Waals surface area contributed by atoms with E-state index >= 15 is 0 Å². The Morgan fingerprint density at radius 3 is 2.90 bits per heavy atom. The Kier molecular flexibility index (Phi) is 5.06. The van der Waals surface area contributed by atoms with Crippen LogP contribution in [0.25, 0.3) is 4.96 Å². The summed E-state index contributed by atoms with van der Waals surface area (Å²) in [6, 6.07) is 1.37. The highest BCUT2D eigenvalue weighted by Gasteiger charge is 2.12. The molecule has 6 nitrogen and oxygen atoms in total. The summed E-state index contributed by atoms with van der Waals surface area (Å²) in [4.78, 5) is 28.3. The Hall–Kier alpha value is -1.76. The van der Waals surface area contributed by atoms with Crippen LogP contribution in [0.1, 0.15) is 44.3 Å². The number of ether oxygens (including phenoxy) is 1. The van der Waals surface area contributed by atoms with Crippen molar-refractivity contribution in [2.75, 3.05) is 0 Å². The van der Waals surface area contributed by atoms with Gasteiger partial charge in [-0.25, -0.2) is 4.98 Å². The Bertz CT molecular complexity index is 690. The summed E-state index contributed by atoms with van der Waals surface area (Å²) < 4.78 is 6.41. The first-order chi connectivity index (χ1) is 10.0. The van der Waals surface area contributed by atoms with Gasteiger partial charge in [0.25, 0.3) is 5.56 Å². The van der Waals surface area contributed by atoms with Gasteiger partial charge in [0.1, 0.15) is 11.6 Å². The number of unbranched alkanes of at least 4 members (excludes halogenated alkanes) is 1. The number of nitrogens with zero attached hydrogens (tertiary/aromatic N) is 3. The second-order valence-corrected chi connectivity index (χ2v) is 6.18. The fraction of sp³-hybridized carbons (Fsp3) is 0.571. The number of hydrogen-bond donors (Lipinski definition) is 0. The Balaban J connectivity index is 2.19. The molecule has 0 saturated carbocycles. The number of aryl methyl sites for hydroxylation is 1. The third kappa shape index (κ3) is 3.87. The van der Waals surface area contributed by atoms with Crippen LogP contribution in [-0.2, 0) is 22.6 Å².